The summed E-state index contributed by atoms with van der Waals surface area (Å²) in [6.07, 6.45) is 0.356. The van der Waals surface area contributed by atoms with Crippen LogP contribution in [-0.2, 0) is 14.6 Å². The van der Waals surface area contributed by atoms with Crippen molar-refractivity contribution >= 4 is 9.84 Å². The monoisotopic (exact) mass is 251 g/mol. The molecule has 17 heavy (non-hydrogen) atoms. The lowest BCUT2D eigenvalue weighted by molar-refractivity contribution is 0.164. The van der Waals surface area contributed by atoms with Crippen molar-refractivity contribution in [1.82, 2.24) is 0 Å². The Morgan fingerprint density at radius 3 is 2.65 bits per heavy atom. The summed E-state index contributed by atoms with van der Waals surface area (Å²) >= 11 is 0. The first-order chi connectivity index (χ1) is 8.07. The van der Waals surface area contributed by atoms with Gasteiger partial charge in [0.25, 0.3) is 0 Å². The van der Waals surface area contributed by atoms with Crippen LogP contribution in [0.2, 0.25) is 0 Å². The van der Waals surface area contributed by atoms with E-state index in [-0.39, 0.29) is 11.5 Å². The molecule has 5 heteroatoms. The van der Waals surface area contributed by atoms with E-state index in [1.807, 2.05) is 0 Å². The molecule has 0 saturated heterocycles. The summed E-state index contributed by atoms with van der Waals surface area (Å²) in [7, 11) is -1.93. The largest absolute Gasteiger partial charge is 0.383 e. The Labute approximate surface area is 101 Å². The summed E-state index contributed by atoms with van der Waals surface area (Å²) in [5.74, 6) is 0. The third kappa shape index (κ3) is 1.94. The Morgan fingerprint density at radius 1 is 1.47 bits per heavy atom. The van der Waals surface area contributed by atoms with E-state index in [0.717, 1.165) is 0 Å². The predicted molar refractivity (Wildman–Crippen MR) is 62.0 cm³/mol. The Kier molecular flexibility index (Phi) is 2.94. The molecule has 90 valence electrons. The highest BCUT2D eigenvalue weighted by molar-refractivity contribution is 7.92. The maximum Gasteiger partial charge on any atom is 0.182 e. The molecule has 0 amide bonds. The first-order valence-electron chi connectivity index (χ1n) is 5.26. The Balaban J connectivity index is 2.30. The SMILES string of the molecule is COC[C@@]1(C#N)C[C@@H]1S(=O)(=O)c1ccccc1. The van der Waals surface area contributed by atoms with Gasteiger partial charge in [-0.05, 0) is 18.6 Å². The minimum atomic E-state index is -3.41. The highest BCUT2D eigenvalue weighted by atomic mass is 32.2. The number of methoxy groups -OCH3 is 1. The fourth-order valence-electron chi connectivity index (χ4n) is 2.01. The molecular weight excluding hydrogens is 238 g/mol. The molecule has 1 aliphatic rings. The molecule has 1 aliphatic carbocycles. The van der Waals surface area contributed by atoms with Crippen LogP contribution in [-0.4, -0.2) is 27.4 Å². The molecule has 1 aromatic rings. The van der Waals surface area contributed by atoms with Crippen LogP contribution in [0.4, 0.5) is 0 Å². The molecule has 0 bridgehead atoms. The van der Waals surface area contributed by atoms with Gasteiger partial charge in [0.05, 0.1) is 28.2 Å². The number of sulfone groups is 1. The van der Waals surface area contributed by atoms with Crippen LogP contribution < -0.4 is 0 Å². The van der Waals surface area contributed by atoms with Crippen molar-refractivity contribution in [2.24, 2.45) is 5.41 Å². The number of benzene rings is 1. The first kappa shape index (κ1) is 12.1. The first-order valence-corrected chi connectivity index (χ1v) is 6.80. The van der Waals surface area contributed by atoms with E-state index in [9.17, 15) is 8.42 Å². The molecule has 0 unspecified atom stereocenters. The van der Waals surface area contributed by atoms with Gasteiger partial charge < -0.3 is 4.74 Å². The average Bonchev–Trinajstić information content (AvgIpc) is 3.07. The van der Waals surface area contributed by atoms with Crippen LogP contribution in [0, 0.1) is 16.7 Å². The fourth-order valence-corrected chi connectivity index (χ4v) is 4.11. The molecular formula is C12H13NO3S. The van der Waals surface area contributed by atoms with Gasteiger partial charge in [0, 0.05) is 7.11 Å². The van der Waals surface area contributed by atoms with E-state index in [4.69, 9.17) is 10.00 Å². The van der Waals surface area contributed by atoms with Gasteiger partial charge in [0.15, 0.2) is 9.84 Å². The van der Waals surface area contributed by atoms with Crippen LogP contribution in [0.1, 0.15) is 6.42 Å². The normalized spacial score (nSPS) is 27.4. The van der Waals surface area contributed by atoms with Crippen LogP contribution in [0.15, 0.2) is 35.2 Å². The zero-order valence-corrected chi connectivity index (χ0v) is 10.3. The lowest BCUT2D eigenvalue weighted by Gasteiger charge is -2.08. The summed E-state index contributed by atoms with van der Waals surface area (Å²) in [6.45, 7) is 0.167. The zero-order valence-electron chi connectivity index (χ0n) is 9.46. The molecule has 2 atom stereocenters. The number of nitriles is 1. The minimum Gasteiger partial charge on any atom is -0.383 e. The van der Waals surface area contributed by atoms with Gasteiger partial charge in [-0.2, -0.15) is 5.26 Å². The summed E-state index contributed by atoms with van der Waals surface area (Å²) in [4.78, 5) is 0.276. The highest BCUT2D eigenvalue weighted by Gasteiger charge is 2.62. The van der Waals surface area contributed by atoms with Crippen molar-refractivity contribution in [3.8, 4) is 6.07 Å². The number of hydrogen-bond donors (Lipinski definition) is 0. The minimum absolute atomic E-state index is 0.167. The number of nitrogens with zero attached hydrogens (tertiary/aromatic N) is 1. The van der Waals surface area contributed by atoms with Gasteiger partial charge >= 0.3 is 0 Å². The van der Waals surface area contributed by atoms with Crippen molar-refractivity contribution in [2.75, 3.05) is 13.7 Å². The molecule has 1 aromatic carbocycles. The smallest absolute Gasteiger partial charge is 0.182 e. The summed E-state index contributed by atoms with van der Waals surface area (Å²) in [5, 5.41) is 8.44. The molecule has 0 aliphatic heterocycles. The van der Waals surface area contributed by atoms with Gasteiger partial charge in [0.2, 0.25) is 0 Å². The van der Waals surface area contributed by atoms with Gasteiger partial charge in [0.1, 0.15) is 0 Å². The Morgan fingerprint density at radius 2 is 2.12 bits per heavy atom. The van der Waals surface area contributed by atoms with Crippen LogP contribution in [0.25, 0.3) is 0 Å². The van der Waals surface area contributed by atoms with Crippen LogP contribution in [0.3, 0.4) is 0 Å². The average molecular weight is 251 g/mol. The summed E-state index contributed by atoms with van der Waals surface area (Å²) in [5.41, 5.74) is -0.858. The molecule has 0 N–H and O–H groups in total. The maximum atomic E-state index is 12.2. The van der Waals surface area contributed by atoms with Crippen molar-refractivity contribution < 1.29 is 13.2 Å². The second-order valence-corrected chi connectivity index (χ2v) is 6.38. The highest BCUT2D eigenvalue weighted by Crippen LogP contribution is 2.52. The second-order valence-electron chi connectivity index (χ2n) is 4.25. The fraction of sp³-hybridized carbons (Fsp3) is 0.417. The van der Waals surface area contributed by atoms with Gasteiger partial charge in [-0.15, -0.1) is 0 Å². The Bertz CT molecular complexity index is 547. The summed E-state index contributed by atoms with van der Waals surface area (Å²) < 4.78 is 29.4. The van der Waals surface area contributed by atoms with E-state index in [0.29, 0.717) is 6.42 Å². The molecule has 0 radical (unpaired) electrons. The van der Waals surface area contributed by atoms with Crippen molar-refractivity contribution in [1.29, 1.82) is 5.26 Å². The topological polar surface area (TPSA) is 67.2 Å². The third-order valence-electron chi connectivity index (χ3n) is 3.08. The number of rotatable bonds is 4. The lowest BCUT2D eigenvalue weighted by atomic mass is 10.1. The van der Waals surface area contributed by atoms with Crippen molar-refractivity contribution in [2.45, 2.75) is 16.6 Å². The molecule has 2 rings (SSSR count). The predicted octanol–water partition coefficient (Wildman–Crippen LogP) is 1.39. The maximum absolute atomic E-state index is 12.2. The van der Waals surface area contributed by atoms with E-state index >= 15 is 0 Å². The van der Waals surface area contributed by atoms with E-state index in [1.54, 1.807) is 30.3 Å². The number of ether oxygens (including phenoxy) is 1. The Hall–Kier alpha value is -1.38. The molecule has 0 aromatic heterocycles. The summed E-state index contributed by atoms with van der Waals surface area (Å²) in [6, 6.07) is 10.3. The van der Waals surface area contributed by atoms with E-state index < -0.39 is 20.5 Å². The standard InChI is InChI=1S/C12H13NO3S/c1-16-9-12(8-13)7-11(12)17(14,15)10-5-3-2-4-6-10/h2-6,11H,7,9H2,1H3/t11-,12-/m0/s1. The van der Waals surface area contributed by atoms with Crippen molar-refractivity contribution in [3.63, 3.8) is 0 Å². The third-order valence-corrected chi connectivity index (χ3v) is 5.37. The van der Waals surface area contributed by atoms with Gasteiger partial charge in [-0.25, -0.2) is 8.42 Å². The van der Waals surface area contributed by atoms with Gasteiger partial charge in [-0.1, -0.05) is 18.2 Å². The van der Waals surface area contributed by atoms with E-state index in [1.165, 1.54) is 7.11 Å². The quantitative estimate of drug-likeness (QED) is 0.811. The van der Waals surface area contributed by atoms with Gasteiger partial charge in [-0.3, -0.25) is 0 Å². The molecule has 1 saturated carbocycles. The van der Waals surface area contributed by atoms with Crippen molar-refractivity contribution in [3.05, 3.63) is 30.3 Å². The second kappa shape index (κ2) is 4.13. The number of hydrogen-bond acceptors (Lipinski definition) is 4. The lowest BCUT2D eigenvalue weighted by Crippen LogP contribution is -2.19. The molecule has 4 nitrogen and oxygen atoms in total. The van der Waals surface area contributed by atoms with E-state index in [2.05, 4.69) is 6.07 Å². The molecule has 1 fully saturated rings. The zero-order chi connectivity index (χ0) is 12.5. The van der Waals surface area contributed by atoms with Crippen LogP contribution in [0.5, 0.6) is 0 Å². The van der Waals surface area contributed by atoms with Crippen LogP contribution >= 0.6 is 0 Å². The molecule has 0 spiro atoms. The molecule has 0 heterocycles.